The van der Waals surface area contributed by atoms with Crippen LogP contribution in [0.3, 0.4) is 0 Å². The molecule has 6 nitrogen and oxygen atoms in total. The van der Waals surface area contributed by atoms with Gasteiger partial charge in [-0.25, -0.2) is 0 Å². The quantitative estimate of drug-likeness (QED) is 0.614. The number of hydrogen-bond donors (Lipinski definition) is 1. The van der Waals surface area contributed by atoms with Crippen molar-refractivity contribution in [2.45, 2.75) is 31.6 Å². The Morgan fingerprint density at radius 1 is 1.28 bits per heavy atom. The normalized spacial score (nSPS) is 10.8. The lowest BCUT2D eigenvalue weighted by Crippen LogP contribution is -2.24. The first-order chi connectivity index (χ1) is 12.3. The smallest absolute Gasteiger partial charge is 0.230 e. The second-order valence-corrected chi connectivity index (χ2v) is 7.29. The predicted molar refractivity (Wildman–Crippen MR) is 100 cm³/mol. The minimum absolute atomic E-state index is 0.0103. The molecule has 0 atom stereocenters. The van der Waals surface area contributed by atoms with E-state index in [1.807, 2.05) is 40.3 Å². The second-order valence-electron chi connectivity index (χ2n) is 5.32. The van der Waals surface area contributed by atoms with Crippen LogP contribution in [0.15, 0.2) is 47.1 Å². The van der Waals surface area contributed by atoms with Crippen LogP contribution in [-0.2, 0) is 17.9 Å². The van der Waals surface area contributed by atoms with E-state index in [2.05, 4.69) is 27.4 Å². The molecule has 0 aliphatic rings. The molecule has 130 valence electrons. The van der Waals surface area contributed by atoms with Gasteiger partial charge in [0.15, 0.2) is 11.0 Å². The second kappa shape index (κ2) is 8.77. The topological polar surface area (TPSA) is 72.7 Å². The minimum Gasteiger partial charge on any atom is -0.350 e. The van der Waals surface area contributed by atoms with Gasteiger partial charge in [-0.3, -0.25) is 9.78 Å². The highest BCUT2D eigenvalue weighted by atomic mass is 32.2. The molecular weight excluding hydrogens is 354 g/mol. The van der Waals surface area contributed by atoms with Gasteiger partial charge in [-0.05, 0) is 30.0 Å². The number of carbonyl (C=O) groups excluding carboxylic acids is 1. The lowest BCUT2D eigenvalue weighted by molar-refractivity contribution is -0.118. The van der Waals surface area contributed by atoms with Crippen LogP contribution in [0.2, 0.25) is 0 Å². The molecule has 3 aromatic heterocycles. The maximum Gasteiger partial charge on any atom is 0.230 e. The number of rotatable bonds is 8. The van der Waals surface area contributed by atoms with Crippen LogP contribution in [-0.4, -0.2) is 31.4 Å². The van der Waals surface area contributed by atoms with E-state index in [4.69, 9.17) is 0 Å². The Morgan fingerprint density at radius 3 is 2.92 bits per heavy atom. The summed E-state index contributed by atoms with van der Waals surface area (Å²) in [5.74, 6) is 1.04. The van der Waals surface area contributed by atoms with E-state index in [1.165, 1.54) is 11.8 Å². The van der Waals surface area contributed by atoms with E-state index in [-0.39, 0.29) is 5.91 Å². The van der Waals surface area contributed by atoms with Gasteiger partial charge in [0.05, 0.1) is 12.3 Å². The highest BCUT2D eigenvalue weighted by Crippen LogP contribution is 2.23. The van der Waals surface area contributed by atoms with Gasteiger partial charge < -0.3 is 9.88 Å². The molecule has 0 bridgehead atoms. The Bertz CT molecular complexity index is 802. The summed E-state index contributed by atoms with van der Waals surface area (Å²) >= 11 is 3.04. The van der Waals surface area contributed by atoms with E-state index in [0.717, 1.165) is 34.5 Å². The summed E-state index contributed by atoms with van der Waals surface area (Å²) in [6.07, 6.45) is 2.70. The number of thiophene rings is 1. The monoisotopic (exact) mass is 373 g/mol. The molecule has 8 heteroatoms. The fourth-order valence-corrected chi connectivity index (χ4v) is 3.72. The van der Waals surface area contributed by atoms with E-state index in [0.29, 0.717) is 12.3 Å². The average molecular weight is 374 g/mol. The van der Waals surface area contributed by atoms with Gasteiger partial charge in [-0.2, -0.15) is 0 Å². The third-order valence-corrected chi connectivity index (χ3v) is 5.27. The predicted octanol–water partition coefficient (Wildman–Crippen LogP) is 3.22. The van der Waals surface area contributed by atoms with Gasteiger partial charge in [0, 0.05) is 17.6 Å². The minimum atomic E-state index is -0.0103. The first-order valence-corrected chi connectivity index (χ1v) is 9.91. The molecule has 0 aromatic carbocycles. The van der Waals surface area contributed by atoms with Gasteiger partial charge in [-0.1, -0.05) is 30.8 Å². The van der Waals surface area contributed by atoms with Crippen molar-refractivity contribution in [3.8, 4) is 11.5 Å². The number of amides is 1. The number of hydrogen-bond acceptors (Lipinski definition) is 6. The summed E-state index contributed by atoms with van der Waals surface area (Å²) < 4.78 is 2.03. The molecule has 3 heterocycles. The van der Waals surface area contributed by atoms with Crippen molar-refractivity contribution in [2.24, 2.45) is 0 Å². The van der Waals surface area contributed by atoms with Crippen LogP contribution < -0.4 is 5.32 Å². The number of nitrogens with one attached hydrogen (secondary N) is 1. The van der Waals surface area contributed by atoms with E-state index in [1.54, 1.807) is 17.5 Å². The molecule has 3 rings (SSSR count). The van der Waals surface area contributed by atoms with Crippen LogP contribution >= 0.6 is 23.1 Å². The first kappa shape index (κ1) is 17.6. The Morgan fingerprint density at radius 2 is 2.20 bits per heavy atom. The Kier molecular flexibility index (Phi) is 6.19. The van der Waals surface area contributed by atoms with Crippen molar-refractivity contribution >= 4 is 29.0 Å². The summed E-state index contributed by atoms with van der Waals surface area (Å²) in [5, 5.41) is 14.2. The molecule has 3 aromatic rings. The number of carbonyl (C=O) groups is 1. The fourth-order valence-electron chi connectivity index (χ4n) is 2.29. The standard InChI is InChI=1S/C17H19N5OS2/c1-2-9-22-16(14-7-3-4-8-18-14)20-21-17(22)25-12-15(23)19-11-13-6-5-10-24-13/h3-8,10H,2,9,11-12H2,1H3,(H,19,23). The number of aromatic nitrogens is 4. The van der Waals surface area contributed by atoms with E-state index in [9.17, 15) is 4.79 Å². The van der Waals surface area contributed by atoms with Crippen LogP contribution in [0.5, 0.6) is 0 Å². The maximum absolute atomic E-state index is 12.1. The SMILES string of the molecule is CCCn1c(SCC(=O)NCc2cccs2)nnc1-c1ccccn1. The zero-order valence-electron chi connectivity index (χ0n) is 13.9. The summed E-state index contributed by atoms with van der Waals surface area (Å²) in [7, 11) is 0. The molecule has 1 N–H and O–H groups in total. The van der Waals surface area contributed by atoms with Crippen LogP contribution in [0.25, 0.3) is 11.5 Å². The summed E-state index contributed by atoms with van der Waals surface area (Å²) in [6, 6.07) is 9.70. The third-order valence-electron chi connectivity index (χ3n) is 3.43. The van der Waals surface area contributed by atoms with Gasteiger partial charge >= 0.3 is 0 Å². The van der Waals surface area contributed by atoms with Gasteiger partial charge in [-0.15, -0.1) is 21.5 Å². The Balaban J connectivity index is 1.64. The number of nitrogens with zero attached hydrogens (tertiary/aromatic N) is 4. The van der Waals surface area contributed by atoms with Crippen LogP contribution in [0.1, 0.15) is 18.2 Å². The van der Waals surface area contributed by atoms with Crippen molar-refractivity contribution in [2.75, 3.05) is 5.75 Å². The van der Waals surface area contributed by atoms with Crippen molar-refractivity contribution in [3.05, 3.63) is 46.8 Å². The fraction of sp³-hybridized carbons (Fsp3) is 0.294. The van der Waals surface area contributed by atoms with E-state index >= 15 is 0 Å². The zero-order chi connectivity index (χ0) is 17.5. The molecule has 0 aliphatic heterocycles. The van der Waals surface area contributed by atoms with Gasteiger partial charge in [0.1, 0.15) is 5.69 Å². The van der Waals surface area contributed by atoms with Crippen molar-refractivity contribution in [3.63, 3.8) is 0 Å². The van der Waals surface area contributed by atoms with Crippen molar-refractivity contribution in [1.29, 1.82) is 0 Å². The molecule has 0 saturated heterocycles. The lowest BCUT2D eigenvalue weighted by Gasteiger charge is -2.08. The number of pyridine rings is 1. The largest absolute Gasteiger partial charge is 0.350 e. The number of thioether (sulfide) groups is 1. The summed E-state index contributed by atoms with van der Waals surface area (Å²) in [5.41, 5.74) is 0.789. The zero-order valence-corrected chi connectivity index (χ0v) is 15.5. The lowest BCUT2D eigenvalue weighted by atomic mass is 10.3. The highest BCUT2D eigenvalue weighted by Gasteiger charge is 2.15. The molecule has 0 saturated carbocycles. The average Bonchev–Trinajstić information content (AvgIpc) is 3.29. The molecule has 25 heavy (non-hydrogen) atoms. The first-order valence-electron chi connectivity index (χ1n) is 8.04. The molecule has 0 unspecified atom stereocenters. The molecule has 0 spiro atoms. The van der Waals surface area contributed by atoms with Crippen LogP contribution in [0.4, 0.5) is 0 Å². The molecule has 0 aliphatic carbocycles. The molecule has 0 fully saturated rings. The Labute approximate surface area is 154 Å². The molecular formula is C17H19N5OS2. The van der Waals surface area contributed by atoms with Gasteiger partial charge in [0.2, 0.25) is 5.91 Å². The summed E-state index contributed by atoms with van der Waals surface area (Å²) in [4.78, 5) is 17.6. The van der Waals surface area contributed by atoms with Gasteiger partial charge in [0.25, 0.3) is 0 Å². The third kappa shape index (κ3) is 4.67. The van der Waals surface area contributed by atoms with Crippen LogP contribution in [0, 0.1) is 0 Å². The molecule has 1 amide bonds. The summed E-state index contributed by atoms with van der Waals surface area (Å²) in [6.45, 7) is 3.46. The van der Waals surface area contributed by atoms with Crippen molar-refractivity contribution in [1.82, 2.24) is 25.1 Å². The van der Waals surface area contributed by atoms with E-state index < -0.39 is 0 Å². The van der Waals surface area contributed by atoms with Crippen molar-refractivity contribution < 1.29 is 4.79 Å². The Hall–Kier alpha value is -2.19. The highest BCUT2D eigenvalue weighted by molar-refractivity contribution is 7.99. The molecule has 0 radical (unpaired) electrons. The maximum atomic E-state index is 12.1.